The molecule has 0 amide bonds. The van der Waals surface area contributed by atoms with Crippen molar-refractivity contribution in [3.63, 3.8) is 0 Å². The average molecular weight is 799 g/mol. The van der Waals surface area contributed by atoms with Gasteiger partial charge < -0.3 is 24.1 Å². The summed E-state index contributed by atoms with van der Waals surface area (Å²) in [5.74, 6) is -5.93. The molecule has 8 nitrogen and oxygen atoms in total. The maximum atomic E-state index is 13.5. The van der Waals surface area contributed by atoms with Crippen LogP contribution in [0.15, 0.2) is 106 Å². The van der Waals surface area contributed by atoms with Gasteiger partial charge in [-0.3, -0.25) is 4.79 Å². The SMILES string of the molecule is CC(F)(F)C(=O)OC12CC3CC(O)(CC(OCC(=O)OC4C5CC6C(=O)OC4C6C5)(C3)C1)C2.[B]B([B])B([B])[B].c1ccc([S+](c2ccccc2)c2ccccc2)cc1. The minimum atomic E-state index is -3.63. The summed E-state index contributed by atoms with van der Waals surface area (Å²) in [5, 5.41) is 11.1. The van der Waals surface area contributed by atoms with Crippen molar-refractivity contribution < 1.29 is 47.2 Å². The van der Waals surface area contributed by atoms with Crippen LogP contribution in [0, 0.1) is 23.7 Å². The molecule has 0 spiro atoms. The van der Waals surface area contributed by atoms with Gasteiger partial charge >= 0.3 is 23.8 Å². The van der Waals surface area contributed by atoms with E-state index in [1.54, 1.807) is 0 Å². The second-order valence-electron chi connectivity index (χ2n) is 16.9. The molecule has 58 heavy (non-hydrogen) atoms. The van der Waals surface area contributed by atoms with Gasteiger partial charge in [0, 0.05) is 81.7 Å². The quantitative estimate of drug-likeness (QED) is 0.139. The summed E-state index contributed by atoms with van der Waals surface area (Å²) < 4.78 is 49.5. The molecular formula is C41H43B6F2O8S+. The highest BCUT2D eigenvalue weighted by Gasteiger charge is 2.67. The Balaban J connectivity index is 0.000000172. The lowest BCUT2D eigenvalue weighted by atomic mass is 8.81. The summed E-state index contributed by atoms with van der Waals surface area (Å²) in [6.45, 7) is 0.126. The molecule has 1 aliphatic heterocycles. The van der Waals surface area contributed by atoms with Gasteiger partial charge in [-0.05, 0) is 74.4 Å². The maximum absolute atomic E-state index is 13.5. The van der Waals surface area contributed by atoms with E-state index in [1.807, 2.05) is 0 Å². The molecule has 292 valence electrons. The standard InChI is InChI=1S/C23H28F2O8.C18H15S.B6/c1-20(24,25)19(28)33-23-6-11-4-21(29,9-23)8-22(5-11,10-23)30-7-15(26)31-16-12-2-13-14(3-12)18(27)32-17(13)16;1-4-10-16(11-5-1)19(17-12-6-2-7-13-17)18-14-8-3-9-15-18;1-5(2)6(3)4/h11-14,16-17,29H,2-10H2,1H3;1-15H;/q;+1;. The molecular weight excluding hydrogens is 755 g/mol. The lowest BCUT2D eigenvalue weighted by molar-refractivity contribution is -0.279. The number of hydrogen-bond acceptors (Lipinski definition) is 8. The zero-order valence-electron chi connectivity index (χ0n) is 32.4. The lowest BCUT2D eigenvalue weighted by Crippen LogP contribution is -2.68. The number of carbonyl (C=O) groups excluding carboxylic acids is 3. The minimum Gasteiger partial charge on any atom is -0.458 e. The summed E-state index contributed by atoms with van der Waals surface area (Å²) in [7, 11) is 19.8. The average Bonchev–Trinajstić information content (AvgIpc) is 3.80. The fourth-order valence-electron chi connectivity index (χ4n) is 10.3. The lowest BCUT2D eigenvalue weighted by Gasteiger charge is -2.63. The van der Waals surface area contributed by atoms with Gasteiger partial charge in [0.05, 0.1) is 28.0 Å². The van der Waals surface area contributed by atoms with Gasteiger partial charge in [0.2, 0.25) is 0 Å². The largest absolute Gasteiger partial charge is 0.458 e. The van der Waals surface area contributed by atoms with E-state index in [0.717, 1.165) is 6.42 Å². The molecule has 3 aromatic rings. The number of esters is 3. The van der Waals surface area contributed by atoms with E-state index in [9.17, 15) is 28.3 Å². The third-order valence-corrected chi connectivity index (χ3v) is 14.4. The monoisotopic (exact) mass is 799 g/mol. The number of rotatable bonds is 10. The van der Waals surface area contributed by atoms with Crippen LogP contribution in [-0.4, -0.2) is 108 Å². The van der Waals surface area contributed by atoms with Crippen LogP contribution in [0.5, 0.6) is 0 Å². The second-order valence-corrected chi connectivity index (χ2v) is 19.0. The van der Waals surface area contributed by atoms with E-state index in [4.69, 9.17) is 49.9 Å². The highest BCUT2D eigenvalue weighted by atomic mass is 32.2. The predicted octanol–water partition coefficient (Wildman–Crippen LogP) is 4.40. The number of hydrogen-bond donors (Lipinski definition) is 1. The third-order valence-electron chi connectivity index (χ3n) is 12.2. The Bertz CT molecular complexity index is 1830. The molecule has 6 aliphatic carbocycles. The van der Waals surface area contributed by atoms with Crippen molar-refractivity contribution >= 4 is 72.5 Å². The Hall–Kier alpha value is -3.41. The number of fused-ring (bicyclic) bond motifs is 1. The number of carbonyl (C=O) groups is 3. The zero-order chi connectivity index (χ0) is 41.5. The van der Waals surface area contributed by atoms with Crippen molar-refractivity contribution in [3.8, 4) is 0 Å². The summed E-state index contributed by atoms with van der Waals surface area (Å²) >= 11 is 0. The van der Waals surface area contributed by atoms with Crippen molar-refractivity contribution in [2.75, 3.05) is 6.61 Å². The van der Waals surface area contributed by atoms with Crippen LogP contribution in [0.4, 0.5) is 8.78 Å². The van der Waals surface area contributed by atoms with Crippen molar-refractivity contribution in [2.24, 2.45) is 23.7 Å². The molecule has 1 saturated heterocycles. The Labute approximate surface area is 347 Å². The van der Waals surface area contributed by atoms with E-state index in [-0.39, 0.29) is 72.5 Å². The Morgan fingerprint density at radius 3 is 1.84 bits per heavy atom. The molecule has 0 aromatic heterocycles. The number of alkyl halides is 2. The van der Waals surface area contributed by atoms with Crippen molar-refractivity contribution in [2.45, 2.75) is 108 Å². The summed E-state index contributed by atoms with van der Waals surface area (Å²) in [5.41, 5.74) is -3.37. The second kappa shape index (κ2) is 16.9. The molecule has 1 N–H and O–H groups in total. The fraction of sp³-hybridized carbons (Fsp3) is 0.488. The number of aliphatic hydroxyl groups is 1. The first-order chi connectivity index (χ1) is 27.5. The number of halogens is 2. The Kier molecular flexibility index (Phi) is 12.5. The topological polar surface area (TPSA) is 108 Å². The first-order valence-electron chi connectivity index (χ1n) is 19.8. The first-order valence-corrected chi connectivity index (χ1v) is 21.0. The molecule has 9 atom stereocenters. The van der Waals surface area contributed by atoms with Crippen molar-refractivity contribution in [1.29, 1.82) is 0 Å². The summed E-state index contributed by atoms with van der Waals surface area (Å²) in [6, 6.07) is 32.2. The molecule has 6 saturated carbocycles. The predicted molar refractivity (Wildman–Crippen MR) is 220 cm³/mol. The summed E-state index contributed by atoms with van der Waals surface area (Å²) in [6.07, 6.45) is 1.39. The van der Waals surface area contributed by atoms with Crippen LogP contribution in [0.1, 0.15) is 58.3 Å². The number of ether oxygens (including phenoxy) is 4. The molecule has 3 aromatic carbocycles. The van der Waals surface area contributed by atoms with Crippen molar-refractivity contribution in [1.82, 2.24) is 0 Å². The highest BCUT2D eigenvalue weighted by molar-refractivity contribution is 7.97. The molecule has 6 bridgehead atoms. The van der Waals surface area contributed by atoms with E-state index in [2.05, 4.69) is 91.0 Å². The van der Waals surface area contributed by atoms with Crippen molar-refractivity contribution in [3.05, 3.63) is 91.0 Å². The summed E-state index contributed by atoms with van der Waals surface area (Å²) in [4.78, 5) is 40.6. The zero-order valence-corrected chi connectivity index (χ0v) is 33.2. The van der Waals surface area contributed by atoms with Gasteiger partial charge in [-0.1, -0.05) is 54.6 Å². The van der Waals surface area contributed by atoms with E-state index in [0.29, 0.717) is 32.6 Å². The van der Waals surface area contributed by atoms with Gasteiger partial charge in [0.25, 0.3) is 0 Å². The van der Waals surface area contributed by atoms with E-state index < -0.39 is 53.5 Å². The van der Waals surface area contributed by atoms with E-state index in [1.165, 1.54) is 14.7 Å². The normalized spacial score (nSPS) is 32.0. The maximum Gasteiger partial charge on any atom is 0.377 e. The molecule has 17 heteroatoms. The molecule has 1 heterocycles. The van der Waals surface area contributed by atoms with Gasteiger partial charge in [-0.2, -0.15) is 8.78 Å². The first kappa shape index (κ1) is 42.7. The molecule has 8 radical (unpaired) electrons. The van der Waals surface area contributed by atoms with Gasteiger partial charge in [0.15, 0.2) is 14.7 Å². The third kappa shape index (κ3) is 9.31. The van der Waals surface area contributed by atoms with Gasteiger partial charge in [0.1, 0.15) is 24.4 Å². The van der Waals surface area contributed by atoms with Crippen LogP contribution < -0.4 is 0 Å². The minimum absolute atomic E-state index is 0.0146. The highest BCUT2D eigenvalue weighted by Crippen LogP contribution is 2.62. The van der Waals surface area contributed by atoms with Crippen LogP contribution in [-0.2, 0) is 44.2 Å². The Morgan fingerprint density at radius 2 is 1.34 bits per heavy atom. The Morgan fingerprint density at radius 1 is 0.828 bits per heavy atom. The molecule has 9 unspecified atom stereocenters. The fourth-order valence-corrected chi connectivity index (χ4v) is 12.4. The molecule has 7 fully saturated rings. The van der Waals surface area contributed by atoms with Crippen LogP contribution in [0.25, 0.3) is 0 Å². The van der Waals surface area contributed by atoms with Gasteiger partial charge in [-0.25, -0.2) is 9.59 Å². The molecule has 7 aliphatic rings. The van der Waals surface area contributed by atoms with Crippen LogP contribution >= 0.6 is 0 Å². The van der Waals surface area contributed by atoms with Gasteiger partial charge in [-0.15, -0.1) is 0 Å². The van der Waals surface area contributed by atoms with Crippen LogP contribution in [0.2, 0.25) is 0 Å². The molecule has 10 rings (SSSR count). The number of benzene rings is 3. The smallest absolute Gasteiger partial charge is 0.377 e. The van der Waals surface area contributed by atoms with E-state index >= 15 is 0 Å². The van der Waals surface area contributed by atoms with Crippen LogP contribution in [0.3, 0.4) is 0 Å².